The third-order valence-electron chi connectivity index (χ3n) is 5.12. The molecule has 0 aromatic heterocycles. The summed E-state index contributed by atoms with van der Waals surface area (Å²) in [5.74, 6) is 0.716. The van der Waals surface area contributed by atoms with Gasteiger partial charge < -0.3 is 18.6 Å². The maximum Gasteiger partial charge on any atom is 0.261 e. The molecule has 1 aliphatic rings. The van der Waals surface area contributed by atoms with Gasteiger partial charge in [-0.15, -0.1) is 0 Å². The average Bonchev–Trinajstić information content (AvgIpc) is 3.10. The molecule has 0 bridgehead atoms. The van der Waals surface area contributed by atoms with Crippen molar-refractivity contribution in [1.82, 2.24) is 0 Å². The summed E-state index contributed by atoms with van der Waals surface area (Å²) < 4.78 is 24.0. The number of unbranched alkanes of at least 4 members (excludes halogenated alkanes) is 3. The van der Waals surface area contributed by atoms with Crippen molar-refractivity contribution < 1.29 is 18.6 Å². The lowest BCUT2D eigenvalue weighted by Crippen LogP contribution is -2.39. The molecule has 0 N–H and O–H groups in total. The van der Waals surface area contributed by atoms with Crippen molar-refractivity contribution in [1.29, 1.82) is 0 Å². The van der Waals surface area contributed by atoms with Crippen LogP contribution in [0.25, 0.3) is 0 Å². The first-order valence-corrected chi connectivity index (χ1v) is 13.5. The Kier molecular flexibility index (Phi) is 12.6. The topological polar surface area (TPSA) is 36.9 Å². The fraction of sp³-hybridized carbons (Fsp3) is 0.818. The van der Waals surface area contributed by atoms with Gasteiger partial charge in [-0.2, -0.15) is 0 Å². The predicted octanol–water partition coefficient (Wildman–Crippen LogP) is 6.54. The van der Waals surface area contributed by atoms with E-state index >= 15 is 0 Å². The van der Waals surface area contributed by atoms with Crippen LogP contribution in [0.3, 0.4) is 0 Å². The second-order valence-electron chi connectivity index (χ2n) is 7.57. The maximum atomic E-state index is 6.82. The number of hydrogen-bond donors (Lipinski definition) is 0. The molecule has 27 heavy (non-hydrogen) atoms. The molecule has 0 fully saturated rings. The third kappa shape index (κ3) is 8.73. The van der Waals surface area contributed by atoms with Gasteiger partial charge in [-0.3, -0.25) is 0 Å². The van der Waals surface area contributed by atoms with Crippen LogP contribution in [0.5, 0.6) is 0 Å². The van der Waals surface area contributed by atoms with E-state index in [-0.39, 0.29) is 12.2 Å². The van der Waals surface area contributed by atoms with E-state index in [1.807, 2.05) is 6.08 Å². The van der Waals surface area contributed by atoms with E-state index < -0.39 is 8.32 Å². The Morgan fingerprint density at radius 3 is 2.07 bits per heavy atom. The maximum absolute atomic E-state index is 6.82. The quantitative estimate of drug-likeness (QED) is 0.218. The number of hydrogen-bond acceptors (Lipinski definition) is 4. The van der Waals surface area contributed by atoms with E-state index in [4.69, 9.17) is 18.6 Å². The van der Waals surface area contributed by atoms with Crippen molar-refractivity contribution in [2.24, 2.45) is 0 Å². The summed E-state index contributed by atoms with van der Waals surface area (Å²) in [5, 5.41) is 0. The fourth-order valence-electron chi connectivity index (χ4n) is 3.49. The van der Waals surface area contributed by atoms with Crippen molar-refractivity contribution in [3.8, 4) is 0 Å². The van der Waals surface area contributed by atoms with Crippen molar-refractivity contribution in [3.63, 3.8) is 0 Å². The molecule has 158 valence electrons. The zero-order valence-electron chi connectivity index (χ0n) is 18.3. The lowest BCUT2D eigenvalue weighted by Gasteiger charge is -2.34. The Hall–Kier alpha value is -0.943. The van der Waals surface area contributed by atoms with Crippen LogP contribution in [0.2, 0.25) is 18.1 Å². The van der Waals surface area contributed by atoms with Gasteiger partial charge >= 0.3 is 0 Å². The number of allylic oxidation sites excluding steroid dienone is 1. The summed E-state index contributed by atoms with van der Waals surface area (Å²) in [6.07, 6.45) is 13.8. The highest BCUT2D eigenvalue weighted by molar-refractivity contribution is 6.74. The third-order valence-corrected chi connectivity index (χ3v) is 9.55. The minimum Gasteiger partial charge on any atom is -0.519 e. The zero-order chi connectivity index (χ0) is 20.0. The Labute approximate surface area is 168 Å². The van der Waals surface area contributed by atoms with Crippen LogP contribution in [0.15, 0.2) is 24.4 Å². The molecule has 2 atom stereocenters. The molecule has 1 heterocycles. The van der Waals surface area contributed by atoms with Gasteiger partial charge in [0.15, 0.2) is 12.2 Å². The van der Waals surface area contributed by atoms with Crippen LogP contribution in [0, 0.1) is 0 Å². The monoisotopic (exact) mass is 398 g/mol. The van der Waals surface area contributed by atoms with E-state index in [1.165, 1.54) is 56.7 Å². The Bertz CT molecular complexity index is 414. The second kappa shape index (κ2) is 14.1. The smallest absolute Gasteiger partial charge is 0.261 e. The molecule has 0 aromatic rings. The first-order chi connectivity index (χ1) is 13.1. The Morgan fingerprint density at radius 2 is 1.59 bits per heavy atom. The van der Waals surface area contributed by atoms with E-state index in [0.717, 1.165) is 6.42 Å². The molecule has 0 aliphatic carbocycles. The Morgan fingerprint density at radius 1 is 1.00 bits per heavy atom. The molecule has 0 aromatic carbocycles. The largest absolute Gasteiger partial charge is 0.519 e. The van der Waals surface area contributed by atoms with Crippen molar-refractivity contribution in [2.45, 2.75) is 103 Å². The van der Waals surface area contributed by atoms with Gasteiger partial charge in [-0.25, -0.2) is 0 Å². The Balaban J connectivity index is 2.92. The van der Waals surface area contributed by atoms with Gasteiger partial charge in [0.2, 0.25) is 0 Å². The lowest BCUT2D eigenvalue weighted by molar-refractivity contribution is -0.0326. The minimum atomic E-state index is -1.86. The van der Waals surface area contributed by atoms with E-state index in [1.54, 1.807) is 13.4 Å². The van der Waals surface area contributed by atoms with Gasteiger partial charge in [-0.05, 0) is 36.7 Å². The molecule has 0 saturated carbocycles. The van der Waals surface area contributed by atoms with Crippen molar-refractivity contribution in [3.05, 3.63) is 24.4 Å². The SMILES string of the molecule is CC/C=C(/O[C@H]1C=CO[C@@H]1COC)O[Si](CCCC)(CCCC)CCCC. The van der Waals surface area contributed by atoms with Gasteiger partial charge in [0.1, 0.15) is 0 Å². The normalized spacial score (nSPS) is 20.0. The highest BCUT2D eigenvalue weighted by Crippen LogP contribution is 2.33. The van der Waals surface area contributed by atoms with Crippen LogP contribution in [-0.2, 0) is 18.6 Å². The molecule has 0 unspecified atom stereocenters. The lowest BCUT2D eigenvalue weighted by atomic mass is 10.2. The predicted molar refractivity (Wildman–Crippen MR) is 115 cm³/mol. The van der Waals surface area contributed by atoms with Crippen LogP contribution in [0.1, 0.15) is 72.6 Å². The second-order valence-corrected chi connectivity index (χ2v) is 11.6. The van der Waals surface area contributed by atoms with Gasteiger partial charge in [0.05, 0.1) is 12.9 Å². The summed E-state index contributed by atoms with van der Waals surface area (Å²) in [5.41, 5.74) is 0. The molecule has 1 rings (SSSR count). The average molecular weight is 399 g/mol. The van der Waals surface area contributed by atoms with Gasteiger partial charge in [0, 0.05) is 7.11 Å². The summed E-state index contributed by atoms with van der Waals surface area (Å²) in [6.45, 7) is 9.46. The summed E-state index contributed by atoms with van der Waals surface area (Å²) in [6, 6.07) is 3.69. The van der Waals surface area contributed by atoms with Crippen LogP contribution in [-0.4, -0.2) is 34.2 Å². The fourth-order valence-corrected chi connectivity index (χ4v) is 8.10. The van der Waals surface area contributed by atoms with Crippen LogP contribution in [0.4, 0.5) is 0 Å². The first-order valence-electron chi connectivity index (χ1n) is 11.0. The highest BCUT2D eigenvalue weighted by Gasteiger charge is 2.37. The van der Waals surface area contributed by atoms with E-state index in [0.29, 0.717) is 12.6 Å². The number of ether oxygens (including phenoxy) is 3. The molecular formula is C22H42O4Si. The number of rotatable bonds is 16. The molecule has 0 saturated heterocycles. The summed E-state index contributed by atoms with van der Waals surface area (Å²) in [7, 11) is -0.170. The highest BCUT2D eigenvalue weighted by atomic mass is 28.4. The van der Waals surface area contributed by atoms with E-state index in [2.05, 4.69) is 33.8 Å². The zero-order valence-corrected chi connectivity index (χ0v) is 19.3. The van der Waals surface area contributed by atoms with Gasteiger partial charge in [0.25, 0.3) is 14.3 Å². The molecule has 0 amide bonds. The van der Waals surface area contributed by atoms with Crippen molar-refractivity contribution >= 4 is 8.32 Å². The molecule has 5 heteroatoms. The molecule has 0 radical (unpaired) electrons. The van der Waals surface area contributed by atoms with Crippen LogP contribution < -0.4 is 0 Å². The first kappa shape index (κ1) is 24.1. The van der Waals surface area contributed by atoms with Gasteiger partial charge in [-0.1, -0.05) is 66.2 Å². The summed E-state index contributed by atoms with van der Waals surface area (Å²) >= 11 is 0. The molecule has 4 nitrogen and oxygen atoms in total. The number of methoxy groups -OCH3 is 1. The molecule has 0 spiro atoms. The molecule has 1 aliphatic heterocycles. The standard InChI is InChI=1S/C22H42O4Si/c1-6-10-16-27(17-11-7-2,18-12-8-3)26-22(13-9-4)25-20-14-15-24-21(20)19-23-5/h13-15,20-21H,6-12,16-19H2,1-5H3/b22-13-/t20-,21+/m0/s1. The van der Waals surface area contributed by atoms with Crippen LogP contribution >= 0.6 is 0 Å². The van der Waals surface area contributed by atoms with Crippen molar-refractivity contribution in [2.75, 3.05) is 13.7 Å². The minimum absolute atomic E-state index is 0.100. The molecular weight excluding hydrogens is 356 g/mol. The van der Waals surface area contributed by atoms with E-state index in [9.17, 15) is 0 Å². The summed E-state index contributed by atoms with van der Waals surface area (Å²) in [4.78, 5) is 0.